The van der Waals surface area contributed by atoms with Crippen LogP contribution in [0, 0.1) is 17.0 Å². The van der Waals surface area contributed by atoms with E-state index < -0.39 is 16.7 Å². The first-order valence-electron chi connectivity index (χ1n) is 8.61. The molecule has 0 atom stereocenters. The van der Waals surface area contributed by atoms with Gasteiger partial charge in [-0.2, -0.15) is 0 Å². The standard InChI is InChI=1S/C21H17N3O5/c1-14-5-2-7-16(11-14)22-21(26)19(13-18-9-4-10-29-18)23-20(25)15-6-3-8-17(12-15)24(27)28/h2-13H,1H3,(H,22,26)(H,23,25). The Morgan fingerprint density at radius 3 is 2.55 bits per heavy atom. The van der Waals surface area contributed by atoms with Gasteiger partial charge >= 0.3 is 0 Å². The lowest BCUT2D eigenvalue weighted by molar-refractivity contribution is -0.384. The molecule has 3 aromatic rings. The molecule has 2 aromatic carbocycles. The second-order valence-electron chi connectivity index (χ2n) is 6.16. The molecule has 0 radical (unpaired) electrons. The minimum Gasteiger partial charge on any atom is -0.465 e. The lowest BCUT2D eigenvalue weighted by Crippen LogP contribution is -2.30. The third kappa shape index (κ3) is 5.16. The van der Waals surface area contributed by atoms with Gasteiger partial charge in [-0.3, -0.25) is 19.7 Å². The van der Waals surface area contributed by atoms with Crippen molar-refractivity contribution in [1.82, 2.24) is 5.32 Å². The number of carbonyl (C=O) groups excluding carboxylic acids is 2. The highest BCUT2D eigenvalue weighted by Crippen LogP contribution is 2.15. The van der Waals surface area contributed by atoms with E-state index in [-0.39, 0.29) is 16.9 Å². The summed E-state index contributed by atoms with van der Waals surface area (Å²) in [6, 6.07) is 15.7. The Kier molecular flexibility index (Phi) is 5.84. The summed E-state index contributed by atoms with van der Waals surface area (Å²) in [4.78, 5) is 35.7. The summed E-state index contributed by atoms with van der Waals surface area (Å²) in [7, 11) is 0. The molecule has 0 aliphatic rings. The zero-order valence-electron chi connectivity index (χ0n) is 15.4. The van der Waals surface area contributed by atoms with Gasteiger partial charge in [0, 0.05) is 29.5 Å². The number of nitro benzene ring substituents is 1. The molecular weight excluding hydrogens is 374 g/mol. The maximum atomic E-state index is 12.7. The highest BCUT2D eigenvalue weighted by molar-refractivity contribution is 6.10. The second-order valence-corrected chi connectivity index (χ2v) is 6.16. The summed E-state index contributed by atoms with van der Waals surface area (Å²) in [6.07, 6.45) is 2.81. The topological polar surface area (TPSA) is 114 Å². The van der Waals surface area contributed by atoms with Crippen LogP contribution >= 0.6 is 0 Å². The monoisotopic (exact) mass is 391 g/mol. The largest absolute Gasteiger partial charge is 0.465 e. The van der Waals surface area contributed by atoms with Gasteiger partial charge in [0.15, 0.2) is 0 Å². The summed E-state index contributed by atoms with van der Waals surface area (Å²) < 4.78 is 5.22. The van der Waals surface area contributed by atoms with Crippen molar-refractivity contribution in [2.75, 3.05) is 5.32 Å². The Morgan fingerprint density at radius 2 is 1.86 bits per heavy atom. The fourth-order valence-electron chi connectivity index (χ4n) is 2.55. The first-order valence-corrected chi connectivity index (χ1v) is 8.61. The average Bonchev–Trinajstić information content (AvgIpc) is 3.20. The van der Waals surface area contributed by atoms with Crippen LogP contribution in [0.3, 0.4) is 0 Å². The van der Waals surface area contributed by atoms with Crippen molar-refractivity contribution in [3.05, 3.63) is 99.6 Å². The average molecular weight is 391 g/mol. The molecule has 0 aliphatic heterocycles. The Balaban J connectivity index is 1.86. The van der Waals surface area contributed by atoms with Crippen molar-refractivity contribution < 1.29 is 18.9 Å². The number of rotatable bonds is 6. The van der Waals surface area contributed by atoms with Crippen LogP contribution in [-0.4, -0.2) is 16.7 Å². The van der Waals surface area contributed by atoms with Gasteiger partial charge < -0.3 is 15.1 Å². The van der Waals surface area contributed by atoms with Gasteiger partial charge in [-0.1, -0.05) is 18.2 Å². The van der Waals surface area contributed by atoms with Crippen LogP contribution in [0.5, 0.6) is 0 Å². The Morgan fingerprint density at radius 1 is 1.07 bits per heavy atom. The van der Waals surface area contributed by atoms with Gasteiger partial charge in [0.1, 0.15) is 11.5 Å². The molecule has 0 fully saturated rings. The van der Waals surface area contributed by atoms with Crippen LogP contribution in [0.25, 0.3) is 6.08 Å². The van der Waals surface area contributed by atoms with Crippen LogP contribution in [-0.2, 0) is 4.79 Å². The fourth-order valence-corrected chi connectivity index (χ4v) is 2.55. The zero-order valence-corrected chi connectivity index (χ0v) is 15.4. The number of nitrogens with one attached hydrogen (secondary N) is 2. The van der Waals surface area contributed by atoms with Crippen LogP contribution in [0.2, 0.25) is 0 Å². The fraction of sp³-hybridized carbons (Fsp3) is 0.0476. The molecule has 0 unspecified atom stereocenters. The summed E-state index contributed by atoms with van der Waals surface area (Å²) in [5, 5.41) is 16.1. The molecule has 0 aliphatic carbocycles. The highest BCUT2D eigenvalue weighted by Gasteiger charge is 2.17. The highest BCUT2D eigenvalue weighted by atomic mass is 16.6. The van der Waals surface area contributed by atoms with Crippen molar-refractivity contribution in [1.29, 1.82) is 0 Å². The second kappa shape index (κ2) is 8.66. The number of furan rings is 1. The molecule has 29 heavy (non-hydrogen) atoms. The van der Waals surface area contributed by atoms with Gasteiger partial charge in [-0.05, 0) is 42.8 Å². The molecule has 146 valence electrons. The number of anilines is 1. The first-order chi connectivity index (χ1) is 13.9. The van der Waals surface area contributed by atoms with Gasteiger partial charge in [-0.15, -0.1) is 0 Å². The minimum atomic E-state index is -0.661. The van der Waals surface area contributed by atoms with E-state index >= 15 is 0 Å². The Labute approximate surface area is 166 Å². The number of non-ortho nitro benzene ring substituents is 1. The van der Waals surface area contributed by atoms with E-state index in [9.17, 15) is 19.7 Å². The van der Waals surface area contributed by atoms with Crippen molar-refractivity contribution >= 4 is 29.3 Å². The summed E-state index contributed by atoms with van der Waals surface area (Å²) in [5.41, 5.74) is 1.27. The molecule has 0 bridgehead atoms. The molecule has 1 heterocycles. The molecule has 0 saturated heterocycles. The molecule has 0 spiro atoms. The van der Waals surface area contributed by atoms with Gasteiger partial charge in [0.2, 0.25) is 0 Å². The zero-order chi connectivity index (χ0) is 20.8. The predicted molar refractivity (Wildman–Crippen MR) is 107 cm³/mol. The Hall–Kier alpha value is -4.20. The van der Waals surface area contributed by atoms with E-state index in [2.05, 4.69) is 10.6 Å². The van der Waals surface area contributed by atoms with Crippen LogP contribution in [0.1, 0.15) is 21.7 Å². The predicted octanol–water partition coefficient (Wildman–Crippen LogP) is 3.91. The van der Waals surface area contributed by atoms with E-state index in [0.717, 1.165) is 11.6 Å². The maximum absolute atomic E-state index is 12.7. The number of carbonyl (C=O) groups is 2. The van der Waals surface area contributed by atoms with Crippen LogP contribution < -0.4 is 10.6 Å². The molecule has 8 nitrogen and oxygen atoms in total. The van der Waals surface area contributed by atoms with Crippen molar-refractivity contribution in [2.45, 2.75) is 6.92 Å². The number of nitro groups is 1. The summed E-state index contributed by atoms with van der Waals surface area (Å²) >= 11 is 0. The summed E-state index contributed by atoms with van der Waals surface area (Å²) in [6.45, 7) is 1.89. The Bertz CT molecular complexity index is 1090. The first kappa shape index (κ1) is 19.6. The SMILES string of the molecule is Cc1cccc(NC(=O)C(=Cc2ccco2)NC(=O)c2cccc([N+](=O)[O-])c2)c1. The number of amides is 2. The van der Waals surface area contributed by atoms with E-state index in [1.54, 1.807) is 30.3 Å². The number of benzene rings is 2. The van der Waals surface area contributed by atoms with E-state index in [1.807, 2.05) is 13.0 Å². The number of aryl methyl sites for hydroxylation is 1. The lowest BCUT2D eigenvalue weighted by Gasteiger charge is -2.11. The van der Waals surface area contributed by atoms with Gasteiger partial charge in [0.05, 0.1) is 11.2 Å². The molecule has 2 N–H and O–H groups in total. The van der Waals surface area contributed by atoms with Crippen LogP contribution in [0.15, 0.2) is 77.0 Å². The van der Waals surface area contributed by atoms with E-state index in [4.69, 9.17) is 4.42 Å². The van der Waals surface area contributed by atoms with Gasteiger partial charge in [0.25, 0.3) is 17.5 Å². The molecule has 2 amide bonds. The third-order valence-corrected chi connectivity index (χ3v) is 3.92. The molecule has 8 heteroatoms. The van der Waals surface area contributed by atoms with Gasteiger partial charge in [-0.25, -0.2) is 0 Å². The molecule has 3 rings (SSSR count). The molecule has 1 aromatic heterocycles. The van der Waals surface area contributed by atoms with Crippen molar-refractivity contribution in [3.63, 3.8) is 0 Å². The lowest BCUT2D eigenvalue weighted by atomic mass is 10.1. The number of hydrogen-bond acceptors (Lipinski definition) is 5. The maximum Gasteiger partial charge on any atom is 0.272 e. The van der Waals surface area contributed by atoms with Crippen molar-refractivity contribution in [3.8, 4) is 0 Å². The normalized spacial score (nSPS) is 11.0. The molecular formula is C21H17N3O5. The quantitative estimate of drug-likeness (QED) is 0.376. The number of nitrogens with zero attached hydrogens (tertiary/aromatic N) is 1. The van der Waals surface area contributed by atoms with E-state index in [1.165, 1.54) is 30.5 Å². The number of hydrogen-bond donors (Lipinski definition) is 2. The van der Waals surface area contributed by atoms with Crippen molar-refractivity contribution in [2.24, 2.45) is 0 Å². The van der Waals surface area contributed by atoms with Crippen LogP contribution in [0.4, 0.5) is 11.4 Å². The summed E-state index contributed by atoms with van der Waals surface area (Å²) in [5.74, 6) is -0.865. The molecule has 0 saturated carbocycles. The van der Waals surface area contributed by atoms with E-state index in [0.29, 0.717) is 11.4 Å². The smallest absolute Gasteiger partial charge is 0.272 e. The minimum absolute atomic E-state index is 0.0490. The third-order valence-electron chi connectivity index (χ3n) is 3.92.